The second-order valence-corrected chi connectivity index (χ2v) is 1.84. The first-order valence-electron chi connectivity index (χ1n) is 3.36. The third-order valence-corrected chi connectivity index (χ3v) is 1.01. The summed E-state index contributed by atoms with van der Waals surface area (Å²) >= 11 is 0. The standard InChI is InChI=1S/C8H14O/c1-2-3-4-5-6-7-8-9/h3-4,7-9H,2,5-6H2,1H3/b4-3+,8-7+. The van der Waals surface area contributed by atoms with Crippen molar-refractivity contribution in [2.75, 3.05) is 0 Å². The number of hydrogen-bond donors (Lipinski definition) is 1. The van der Waals surface area contributed by atoms with Gasteiger partial charge in [-0.3, -0.25) is 0 Å². The number of aliphatic hydroxyl groups is 1. The Hall–Kier alpha value is -0.720. The number of hydrogen-bond acceptors (Lipinski definition) is 1. The predicted octanol–water partition coefficient (Wildman–Crippen LogP) is 2.80. The largest absolute Gasteiger partial charge is 0.516 e. The van der Waals surface area contributed by atoms with Crippen molar-refractivity contribution in [3.8, 4) is 0 Å². The fourth-order valence-corrected chi connectivity index (χ4v) is 0.552. The van der Waals surface area contributed by atoms with Crippen molar-refractivity contribution >= 4 is 0 Å². The maximum absolute atomic E-state index is 8.22. The van der Waals surface area contributed by atoms with E-state index in [2.05, 4.69) is 19.1 Å². The highest BCUT2D eigenvalue weighted by molar-refractivity contribution is 4.84. The molecule has 0 unspecified atom stereocenters. The Morgan fingerprint density at radius 3 is 2.33 bits per heavy atom. The van der Waals surface area contributed by atoms with Crippen LogP contribution < -0.4 is 0 Å². The molecular formula is C8H14O. The Balaban J connectivity index is 2.99. The summed E-state index contributed by atoms with van der Waals surface area (Å²) < 4.78 is 0. The van der Waals surface area contributed by atoms with Crippen LogP contribution in [0.5, 0.6) is 0 Å². The van der Waals surface area contributed by atoms with Crippen molar-refractivity contribution in [2.24, 2.45) is 0 Å². The van der Waals surface area contributed by atoms with Gasteiger partial charge >= 0.3 is 0 Å². The number of unbranched alkanes of at least 4 members (excludes halogenated alkanes) is 1. The van der Waals surface area contributed by atoms with Gasteiger partial charge in [-0.15, -0.1) is 0 Å². The van der Waals surface area contributed by atoms with Crippen molar-refractivity contribution in [3.05, 3.63) is 24.5 Å². The molecule has 0 amide bonds. The lowest BCUT2D eigenvalue weighted by Gasteiger charge is -1.82. The van der Waals surface area contributed by atoms with E-state index in [0.717, 1.165) is 25.5 Å². The molecule has 0 saturated heterocycles. The summed E-state index contributed by atoms with van der Waals surface area (Å²) in [5.74, 6) is 0. The van der Waals surface area contributed by atoms with E-state index in [1.54, 1.807) is 6.08 Å². The first-order valence-corrected chi connectivity index (χ1v) is 3.36. The summed E-state index contributed by atoms with van der Waals surface area (Å²) in [5.41, 5.74) is 0. The minimum atomic E-state index is 0.938. The molecule has 0 aromatic carbocycles. The van der Waals surface area contributed by atoms with Crippen LogP contribution in [0.3, 0.4) is 0 Å². The first-order chi connectivity index (χ1) is 4.41. The molecule has 1 nitrogen and oxygen atoms in total. The van der Waals surface area contributed by atoms with Gasteiger partial charge in [-0.1, -0.05) is 19.1 Å². The molecule has 0 rings (SSSR count). The molecule has 0 saturated carbocycles. The van der Waals surface area contributed by atoms with Crippen molar-refractivity contribution in [1.29, 1.82) is 0 Å². The summed E-state index contributed by atoms with van der Waals surface area (Å²) in [4.78, 5) is 0. The Kier molecular flexibility index (Phi) is 6.70. The predicted molar refractivity (Wildman–Crippen MR) is 40.4 cm³/mol. The average Bonchev–Trinajstić information content (AvgIpc) is 1.89. The molecule has 0 atom stereocenters. The van der Waals surface area contributed by atoms with E-state index in [0.29, 0.717) is 0 Å². The fraction of sp³-hybridized carbons (Fsp3) is 0.500. The SMILES string of the molecule is CC/C=C/CC/C=C/O. The van der Waals surface area contributed by atoms with E-state index in [1.807, 2.05) is 0 Å². The quantitative estimate of drug-likeness (QED) is 0.349. The van der Waals surface area contributed by atoms with Gasteiger partial charge in [-0.2, -0.15) is 0 Å². The molecule has 1 heteroatoms. The van der Waals surface area contributed by atoms with Crippen molar-refractivity contribution in [3.63, 3.8) is 0 Å². The van der Waals surface area contributed by atoms with Gasteiger partial charge in [-0.25, -0.2) is 0 Å². The summed E-state index contributed by atoms with van der Waals surface area (Å²) in [7, 11) is 0. The zero-order valence-corrected chi connectivity index (χ0v) is 5.88. The molecule has 1 N–H and O–H groups in total. The molecule has 9 heavy (non-hydrogen) atoms. The zero-order chi connectivity index (χ0) is 6.95. The third kappa shape index (κ3) is 7.28. The van der Waals surface area contributed by atoms with E-state index in [4.69, 9.17) is 5.11 Å². The van der Waals surface area contributed by atoms with Crippen LogP contribution in [0.25, 0.3) is 0 Å². The van der Waals surface area contributed by atoms with Gasteiger partial charge in [0.2, 0.25) is 0 Å². The summed E-state index contributed by atoms with van der Waals surface area (Å²) in [5, 5.41) is 8.22. The molecule has 0 aliphatic heterocycles. The van der Waals surface area contributed by atoms with Gasteiger partial charge in [0.25, 0.3) is 0 Å². The Morgan fingerprint density at radius 1 is 1.11 bits per heavy atom. The van der Waals surface area contributed by atoms with Crippen LogP contribution in [-0.4, -0.2) is 5.11 Å². The molecule has 0 bridgehead atoms. The van der Waals surface area contributed by atoms with Crippen LogP contribution in [0.15, 0.2) is 24.5 Å². The molecule has 52 valence electrons. The monoisotopic (exact) mass is 126 g/mol. The second-order valence-electron chi connectivity index (χ2n) is 1.84. The maximum Gasteiger partial charge on any atom is 0.0751 e. The molecule has 0 fully saturated rings. The topological polar surface area (TPSA) is 20.2 Å². The van der Waals surface area contributed by atoms with Crippen LogP contribution in [0, 0.1) is 0 Å². The summed E-state index contributed by atoms with van der Waals surface area (Å²) in [6.45, 7) is 2.11. The van der Waals surface area contributed by atoms with Gasteiger partial charge in [-0.05, 0) is 25.3 Å². The van der Waals surface area contributed by atoms with Crippen LogP contribution in [0.1, 0.15) is 26.2 Å². The molecule has 0 radical (unpaired) electrons. The van der Waals surface area contributed by atoms with E-state index in [9.17, 15) is 0 Å². The lowest BCUT2D eigenvalue weighted by Crippen LogP contribution is -1.63. The van der Waals surface area contributed by atoms with E-state index in [-0.39, 0.29) is 0 Å². The molecule has 0 aromatic heterocycles. The number of allylic oxidation sites excluding steroid dienone is 3. The Bertz CT molecular complexity index is 92.7. The number of rotatable bonds is 4. The first kappa shape index (κ1) is 8.28. The lowest BCUT2D eigenvalue weighted by atomic mass is 10.3. The molecule has 0 heterocycles. The van der Waals surface area contributed by atoms with Gasteiger partial charge in [0.05, 0.1) is 6.26 Å². The molecular weight excluding hydrogens is 112 g/mol. The van der Waals surface area contributed by atoms with E-state index in [1.165, 1.54) is 0 Å². The number of aliphatic hydroxyl groups excluding tert-OH is 1. The van der Waals surface area contributed by atoms with Crippen LogP contribution in [0.4, 0.5) is 0 Å². The molecule has 0 aliphatic rings. The second kappa shape index (κ2) is 7.28. The summed E-state index contributed by atoms with van der Waals surface area (Å²) in [6, 6.07) is 0. The highest BCUT2D eigenvalue weighted by Gasteiger charge is 1.73. The zero-order valence-electron chi connectivity index (χ0n) is 5.88. The Labute approximate surface area is 56.7 Å². The highest BCUT2D eigenvalue weighted by atomic mass is 16.2. The van der Waals surface area contributed by atoms with Gasteiger partial charge < -0.3 is 5.11 Å². The highest BCUT2D eigenvalue weighted by Crippen LogP contribution is 1.92. The van der Waals surface area contributed by atoms with Gasteiger partial charge in [0.1, 0.15) is 0 Å². The summed E-state index contributed by atoms with van der Waals surface area (Å²) in [6.07, 6.45) is 10.2. The third-order valence-electron chi connectivity index (χ3n) is 1.01. The Morgan fingerprint density at radius 2 is 1.78 bits per heavy atom. The molecule has 0 spiro atoms. The van der Waals surface area contributed by atoms with Crippen molar-refractivity contribution < 1.29 is 5.11 Å². The minimum absolute atomic E-state index is 0.938. The van der Waals surface area contributed by atoms with Crippen LogP contribution >= 0.6 is 0 Å². The molecule has 0 aliphatic carbocycles. The van der Waals surface area contributed by atoms with Crippen molar-refractivity contribution in [1.82, 2.24) is 0 Å². The van der Waals surface area contributed by atoms with Crippen molar-refractivity contribution in [2.45, 2.75) is 26.2 Å². The van der Waals surface area contributed by atoms with E-state index >= 15 is 0 Å². The minimum Gasteiger partial charge on any atom is -0.516 e. The average molecular weight is 126 g/mol. The smallest absolute Gasteiger partial charge is 0.0751 e. The van der Waals surface area contributed by atoms with Crippen LogP contribution in [-0.2, 0) is 0 Å². The maximum atomic E-state index is 8.22. The van der Waals surface area contributed by atoms with E-state index < -0.39 is 0 Å². The van der Waals surface area contributed by atoms with Gasteiger partial charge in [0, 0.05) is 0 Å². The van der Waals surface area contributed by atoms with Gasteiger partial charge in [0.15, 0.2) is 0 Å². The fourth-order valence-electron chi connectivity index (χ4n) is 0.552. The van der Waals surface area contributed by atoms with Crippen LogP contribution in [0.2, 0.25) is 0 Å². The lowest BCUT2D eigenvalue weighted by molar-refractivity contribution is 0.471. The molecule has 0 aromatic rings. The normalized spacial score (nSPS) is 11.7.